The number of hydrogen-bond donors (Lipinski definition) is 3. The number of benzene rings is 3. The largest absolute Gasteiger partial charge is 0.504 e. The Bertz CT molecular complexity index is 1990. The van der Waals surface area contributed by atoms with Gasteiger partial charge in [-0.3, -0.25) is 24.2 Å². The Morgan fingerprint density at radius 1 is 1.08 bits per heavy atom. The lowest BCUT2D eigenvalue weighted by Crippen LogP contribution is -2.69. The number of esters is 1. The number of aryl methyl sites for hydroxylation is 1. The second kappa shape index (κ2) is 13.7. The van der Waals surface area contributed by atoms with Crippen molar-refractivity contribution in [3.8, 4) is 34.8 Å². The molecular weight excluding hydrogens is 666 g/mol. The summed E-state index contributed by atoms with van der Waals surface area (Å²) in [5.74, 6) is 0.518. The summed E-state index contributed by atoms with van der Waals surface area (Å²) in [4.78, 5) is 43.3. The van der Waals surface area contributed by atoms with Crippen LogP contribution in [0, 0.1) is 25.2 Å². The van der Waals surface area contributed by atoms with Gasteiger partial charge < -0.3 is 34.7 Å². The Morgan fingerprint density at radius 3 is 2.50 bits per heavy atom. The number of nitrogens with one attached hydrogen (secondary N) is 2. The molecule has 1 unspecified atom stereocenters. The molecule has 6 atom stereocenters. The topological polar surface area (TPSA) is 163 Å². The van der Waals surface area contributed by atoms with Gasteiger partial charge in [0.1, 0.15) is 17.8 Å². The smallest absolute Gasteiger partial charge is 0.308 e. The van der Waals surface area contributed by atoms with Crippen LogP contribution >= 0.6 is 0 Å². The van der Waals surface area contributed by atoms with Gasteiger partial charge in [0.25, 0.3) is 0 Å². The first kappa shape index (κ1) is 35.1. The van der Waals surface area contributed by atoms with Crippen LogP contribution in [0.15, 0.2) is 36.4 Å². The monoisotopic (exact) mass is 709 g/mol. The third-order valence-corrected chi connectivity index (χ3v) is 11.0. The van der Waals surface area contributed by atoms with Crippen LogP contribution in [0.25, 0.3) is 0 Å². The number of aromatic hydroxyl groups is 1. The minimum atomic E-state index is -0.854. The van der Waals surface area contributed by atoms with E-state index in [1.54, 1.807) is 6.92 Å². The van der Waals surface area contributed by atoms with Crippen LogP contribution in [0.1, 0.15) is 64.9 Å². The van der Waals surface area contributed by atoms with Gasteiger partial charge in [-0.05, 0) is 57.4 Å². The Kier molecular flexibility index (Phi) is 9.23. The van der Waals surface area contributed by atoms with Gasteiger partial charge in [0.15, 0.2) is 23.0 Å². The lowest BCUT2D eigenvalue weighted by molar-refractivity contribution is -0.132. The van der Waals surface area contributed by atoms with Crippen molar-refractivity contribution in [2.24, 2.45) is 0 Å². The number of methoxy groups -OCH3 is 1. The summed E-state index contributed by atoms with van der Waals surface area (Å²) in [6.07, 6.45) is 0.966. The first-order chi connectivity index (χ1) is 24.9. The van der Waals surface area contributed by atoms with Gasteiger partial charge in [-0.2, -0.15) is 5.26 Å². The molecule has 1 fully saturated rings. The lowest BCUT2D eigenvalue weighted by atomic mass is 9.71. The summed E-state index contributed by atoms with van der Waals surface area (Å²) in [7, 11) is 3.50. The molecule has 3 aromatic carbocycles. The molecule has 0 spiro atoms. The van der Waals surface area contributed by atoms with Gasteiger partial charge in [-0.15, -0.1) is 0 Å². The summed E-state index contributed by atoms with van der Waals surface area (Å²) >= 11 is 0. The van der Waals surface area contributed by atoms with Crippen LogP contribution < -0.4 is 29.6 Å². The van der Waals surface area contributed by atoms with E-state index in [-0.39, 0.29) is 37.5 Å². The molecule has 0 aliphatic carbocycles. The predicted octanol–water partition coefficient (Wildman–Crippen LogP) is 3.31. The maximum Gasteiger partial charge on any atom is 0.308 e. The summed E-state index contributed by atoms with van der Waals surface area (Å²) in [6.45, 7) is 6.65. The van der Waals surface area contributed by atoms with E-state index in [1.807, 2.05) is 57.3 Å². The summed E-state index contributed by atoms with van der Waals surface area (Å²) in [6, 6.07) is 10.7. The number of rotatable bonds is 8. The molecule has 3 N–H and O–H groups in total. The van der Waals surface area contributed by atoms with Crippen LogP contribution in [-0.4, -0.2) is 84.4 Å². The highest BCUT2D eigenvalue weighted by Crippen LogP contribution is 2.58. The molecular formula is C39H43N5O8. The Balaban J connectivity index is 1.31. The fourth-order valence-electron chi connectivity index (χ4n) is 8.80. The number of carbonyl (C=O) groups excluding carboxylic acids is 3. The first-order valence-electron chi connectivity index (χ1n) is 17.5. The number of phenols is 1. The minimum absolute atomic E-state index is 0.0387. The van der Waals surface area contributed by atoms with Crippen molar-refractivity contribution < 1.29 is 38.4 Å². The maximum atomic E-state index is 13.7. The zero-order valence-corrected chi connectivity index (χ0v) is 30.1. The van der Waals surface area contributed by atoms with E-state index in [0.29, 0.717) is 52.5 Å². The van der Waals surface area contributed by atoms with Gasteiger partial charge in [0.2, 0.25) is 18.6 Å². The van der Waals surface area contributed by atoms with Crippen molar-refractivity contribution >= 4 is 17.8 Å². The summed E-state index contributed by atoms with van der Waals surface area (Å²) < 4.78 is 23.6. The van der Waals surface area contributed by atoms with Crippen molar-refractivity contribution in [1.29, 1.82) is 5.26 Å². The Morgan fingerprint density at radius 2 is 1.81 bits per heavy atom. The second-order valence-electron chi connectivity index (χ2n) is 14.0. The SMILES string of the molecule is COc1c(C)cc2c(c1O)[C@@H]1C3Cc4c(OC(C)=O)c(C)c5c(c4[C@H](CNC(=O)[C@H](C)NC(=O)Cc4ccccc4)N3[C@@H](C#N)[C@H](C2)N1C)OCO5. The molecule has 1 saturated heterocycles. The molecule has 272 valence electrons. The van der Waals surface area contributed by atoms with Gasteiger partial charge in [-0.25, -0.2) is 0 Å². The molecule has 0 saturated carbocycles. The number of piperazine rings is 1. The number of fused-ring (bicyclic) bond motifs is 9. The van der Waals surface area contributed by atoms with Crippen LogP contribution in [0.3, 0.4) is 0 Å². The van der Waals surface area contributed by atoms with Crippen LogP contribution in [0.4, 0.5) is 0 Å². The number of nitriles is 1. The first-order valence-corrected chi connectivity index (χ1v) is 17.5. The highest BCUT2D eigenvalue weighted by Gasteiger charge is 2.57. The molecule has 13 nitrogen and oxygen atoms in total. The van der Waals surface area contributed by atoms with E-state index in [0.717, 1.165) is 22.3 Å². The molecule has 4 heterocycles. The number of ether oxygens (including phenoxy) is 4. The van der Waals surface area contributed by atoms with E-state index in [4.69, 9.17) is 18.9 Å². The summed E-state index contributed by atoms with van der Waals surface area (Å²) in [5, 5.41) is 28.5. The second-order valence-corrected chi connectivity index (χ2v) is 14.0. The molecule has 2 amide bonds. The molecule has 7 rings (SSSR count). The van der Waals surface area contributed by atoms with Gasteiger partial charge in [0.05, 0.1) is 31.7 Å². The molecule has 13 heteroatoms. The normalized spacial score (nSPS) is 23.3. The van der Waals surface area contributed by atoms with Crippen molar-refractivity contribution in [2.75, 3.05) is 27.5 Å². The Labute approximate surface area is 302 Å². The standard InChI is InChI=1S/C39H43N5O8/c1-19-12-24-14-26-28(16-40)44-27(33(43(26)5)31(24)34(47)35(19)49-6)15-25-32(38-37(50-18-51-38)20(2)36(25)52-22(4)45)29(44)17-41-39(48)21(3)42-30(46)13-23-10-8-7-9-11-23/h7-12,21,26-29,33,47H,13-15,17-18H2,1-6H3,(H,41,48)(H,42,46)/t21-,26-,27?,28-,29-,33-/m0/s1. The van der Waals surface area contributed by atoms with Crippen molar-refractivity contribution in [1.82, 2.24) is 20.4 Å². The fourth-order valence-corrected chi connectivity index (χ4v) is 8.80. The van der Waals surface area contributed by atoms with Gasteiger partial charge >= 0.3 is 5.97 Å². The molecule has 4 aliphatic rings. The summed E-state index contributed by atoms with van der Waals surface area (Å²) in [5.41, 5.74) is 5.27. The number of amides is 2. The third kappa shape index (κ3) is 5.76. The molecule has 0 aromatic heterocycles. The van der Waals surface area contributed by atoms with Crippen molar-refractivity contribution in [3.63, 3.8) is 0 Å². The van der Waals surface area contributed by atoms with Gasteiger partial charge in [0, 0.05) is 47.8 Å². The highest BCUT2D eigenvalue weighted by atomic mass is 16.7. The fraction of sp³-hybridized carbons (Fsp3) is 0.436. The zero-order valence-electron chi connectivity index (χ0n) is 30.1. The molecule has 52 heavy (non-hydrogen) atoms. The van der Waals surface area contributed by atoms with Crippen LogP contribution in [0.2, 0.25) is 0 Å². The Hall–Kier alpha value is -5.32. The number of likely N-dealkylation sites (N-methyl/N-ethyl adjacent to an activating group) is 1. The lowest BCUT2D eigenvalue weighted by Gasteiger charge is -2.60. The third-order valence-electron chi connectivity index (χ3n) is 11.0. The average molecular weight is 710 g/mol. The van der Waals surface area contributed by atoms with E-state index >= 15 is 0 Å². The number of phenolic OH excluding ortho intramolecular Hbond substituents is 1. The minimum Gasteiger partial charge on any atom is -0.504 e. The maximum absolute atomic E-state index is 13.7. The number of nitrogens with zero attached hydrogens (tertiary/aromatic N) is 3. The molecule has 4 aliphatic heterocycles. The highest BCUT2D eigenvalue weighted by molar-refractivity contribution is 5.88. The molecule has 0 radical (unpaired) electrons. The van der Waals surface area contributed by atoms with Crippen LogP contribution in [0.5, 0.6) is 28.7 Å². The van der Waals surface area contributed by atoms with Crippen molar-refractivity contribution in [2.45, 2.75) is 83.2 Å². The van der Waals surface area contributed by atoms with E-state index in [1.165, 1.54) is 14.0 Å². The van der Waals surface area contributed by atoms with E-state index in [9.17, 15) is 24.8 Å². The molecule has 2 bridgehead atoms. The predicted molar refractivity (Wildman–Crippen MR) is 188 cm³/mol. The van der Waals surface area contributed by atoms with Gasteiger partial charge in [-0.1, -0.05) is 36.4 Å². The average Bonchev–Trinajstić information content (AvgIpc) is 3.60. The number of hydrogen-bond acceptors (Lipinski definition) is 11. The number of carbonyl (C=O) groups is 3. The van der Waals surface area contributed by atoms with Crippen molar-refractivity contribution in [3.05, 3.63) is 75.3 Å². The quantitative estimate of drug-likeness (QED) is 0.232. The van der Waals surface area contributed by atoms with Crippen LogP contribution in [-0.2, 0) is 33.6 Å². The zero-order chi connectivity index (χ0) is 37.0. The van der Waals surface area contributed by atoms with E-state index < -0.39 is 42.1 Å². The molecule has 3 aromatic rings. The van der Waals surface area contributed by atoms with E-state index in [2.05, 4.69) is 26.5 Å².